The van der Waals surface area contributed by atoms with Crippen LogP contribution in [0.25, 0.3) is 309 Å². The highest BCUT2D eigenvalue weighted by atomic mass is 32.1. The first-order valence-corrected chi connectivity index (χ1v) is 52.8. The average Bonchev–Trinajstić information content (AvgIpc) is 1.56. The Morgan fingerprint density at radius 1 is 0.133 bits per heavy atom. The lowest BCUT2D eigenvalue weighted by Crippen LogP contribution is -2.07. The molecule has 0 spiro atoms. The van der Waals surface area contributed by atoms with E-state index in [9.17, 15) is 0 Å². The van der Waals surface area contributed by atoms with Crippen LogP contribution in [0.2, 0.25) is 0 Å². The van der Waals surface area contributed by atoms with E-state index in [1.165, 1.54) is 168 Å². The molecule has 24 aromatic carbocycles. The highest BCUT2D eigenvalue weighted by molar-refractivity contribution is 7.26. The second-order valence-corrected chi connectivity index (χ2v) is 41.7. The third kappa shape index (κ3) is 13.5. The maximum absolute atomic E-state index is 5.38. The quantitative estimate of drug-likeness (QED) is 0.130. The molecule has 0 aliphatic heterocycles. The number of hydrogen-bond acceptors (Lipinski definition) is 12. The van der Waals surface area contributed by atoms with Gasteiger partial charge in [-0.2, -0.15) is 29.9 Å². The van der Waals surface area contributed by atoms with Crippen molar-refractivity contribution in [3.8, 4) is 86.2 Å². The standard InChI is InChI=1S/3C45H26N4S/c1-2-13-28(14-3-1)43-46-44(29-23-25-39-36(26-29)33-18-10-11-21-38(33)50-39)48-45(47-43)49-37-24-22-27-12-4-5-15-30(27)40(37)41-34-19-8-6-16-31(34)32-17-7-9-20-35(32)42(41)49;1-2-13-28(14-3-1)43-46-44(29-23-25-39-37(26-29)33-18-10-11-21-38(33)50-39)48-45(47-43)49-41-30-15-5-4-12-27(30)22-24-36(41)40-34-19-8-6-16-31(34)32-17-7-9-20-35(32)42(40)49;1-2-12-27(13-3-1)43-46-44(30-22-23-40-36(25-30)33-18-10-11-21-39(33)50-40)48-45(47-43)49-38-26-29-15-5-4-14-28(29)24-37(38)41-34-19-8-6-16-31(34)32-17-7-9-20-35(32)42(41)49/h3*1-26H. The first kappa shape index (κ1) is 85.1. The van der Waals surface area contributed by atoms with Gasteiger partial charge in [-0.25, -0.2) is 15.0 Å². The molecule has 0 N–H and O–H groups in total. The van der Waals surface area contributed by atoms with Crippen LogP contribution in [0.3, 0.4) is 0 Å². The predicted molar refractivity (Wildman–Crippen MR) is 631 cm³/mol. The SMILES string of the molecule is c1ccc(-c2nc(-c3ccc4sc5ccccc5c4c3)nc(-n3c4c5ccccc5ccc4c4c5ccccc5c5ccccc5c43)n2)cc1.c1ccc(-c2nc(-c3ccc4sc5ccccc5c4c3)nc(-n3c4cc5ccccc5cc4c4c5ccccc5c5ccccc5c43)n2)cc1.c1ccc(-c2nc(-c3ccc4sc5ccccc5c4c3)nc(-n3c4ccc5ccccc5c4c4c5ccccc5c5ccccc5c43)n2)cc1. The van der Waals surface area contributed by atoms with Crippen LogP contribution in [-0.2, 0) is 0 Å². The summed E-state index contributed by atoms with van der Waals surface area (Å²) in [5.41, 5.74) is 12.2. The molecule has 15 heteroatoms. The van der Waals surface area contributed by atoms with Gasteiger partial charge in [0.1, 0.15) is 0 Å². The summed E-state index contributed by atoms with van der Waals surface area (Å²) >= 11 is 5.45. The number of hydrogen-bond donors (Lipinski definition) is 0. The fourth-order valence-electron chi connectivity index (χ4n) is 23.4. The summed E-state index contributed by atoms with van der Waals surface area (Å²) in [6.45, 7) is 0. The lowest BCUT2D eigenvalue weighted by atomic mass is 9.95. The summed E-state index contributed by atoms with van der Waals surface area (Å²) in [4.78, 5) is 47.4. The van der Waals surface area contributed by atoms with E-state index in [0.717, 1.165) is 88.0 Å². The molecule has 9 heterocycles. The van der Waals surface area contributed by atoms with E-state index in [4.69, 9.17) is 44.9 Å². The smallest absolute Gasteiger partial charge is 0.238 e. The van der Waals surface area contributed by atoms with Crippen molar-refractivity contribution in [2.45, 2.75) is 0 Å². The zero-order chi connectivity index (χ0) is 98.3. The van der Waals surface area contributed by atoms with Gasteiger partial charge in [0.15, 0.2) is 34.9 Å². The first-order chi connectivity index (χ1) is 74.4. The van der Waals surface area contributed by atoms with Crippen LogP contribution in [0.5, 0.6) is 0 Å². The van der Waals surface area contributed by atoms with Crippen LogP contribution in [0.1, 0.15) is 0 Å². The highest BCUT2D eigenvalue weighted by Crippen LogP contribution is 2.51. The van der Waals surface area contributed by atoms with Crippen LogP contribution in [-0.4, -0.2) is 58.6 Å². The van der Waals surface area contributed by atoms with E-state index in [2.05, 4.69) is 432 Å². The molecule has 0 bridgehead atoms. The number of nitrogens with zero attached hydrogens (tertiary/aromatic N) is 12. The number of thiophene rings is 3. The third-order valence-corrected chi connectivity index (χ3v) is 33.5. The average molecular weight is 1960 g/mol. The highest BCUT2D eigenvalue weighted by Gasteiger charge is 2.30. The van der Waals surface area contributed by atoms with Crippen LogP contribution >= 0.6 is 34.0 Å². The second kappa shape index (κ2) is 34.2. The second-order valence-electron chi connectivity index (χ2n) is 38.4. The van der Waals surface area contributed by atoms with Gasteiger partial charge < -0.3 is 0 Å². The van der Waals surface area contributed by atoms with E-state index in [-0.39, 0.29) is 0 Å². The Balaban J connectivity index is 0.000000101. The Hall–Kier alpha value is -19.3. The molecule has 0 saturated carbocycles. The zero-order valence-electron chi connectivity index (χ0n) is 80.1. The fourth-order valence-corrected chi connectivity index (χ4v) is 26.6. The zero-order valence-corrected chi connectivity index (χ0v) is 82.6. The largest absolute Gasteiger partial charge is 0.277 e. The molecule has 0 saturated heterocycles. The van der Waals surface area contributed by atoms with E-state index in [0.29, 0.717) is 52.8 Å². The van der Waals surface area contributed by atoms with Gasteiger partial charge in [0, 0.05) is 148 Å². The molecule has 150 heavy (non-hydrogen) atoms. The van der Waals surface area contributed by atoms with Gasteiger partial charge in [0.05, 0.1) is 33.1 Å². The van der Waals surface area contributed by atoms with E-state index >= 15 is 0 Å². The first-order valence-electron chi connectivity index (χ1n) is 50.4. The van der Waals surface area contributed by atoms with Crippen molar-refractivity contribution in [2.75, 3.05) is 0 Å². The summed E-state index contributed by atoms with van der Waals surface area (Å²) in [5, 5.41) is 36.1. The maximum Gasteiger partial charge on any atom is 0.238 e. The van der Waals surface area contributed by atoms with Crippen LogP contribution in [0, 0.1) is 0 Å². The Morgan fingerprint density at radius 2 is 0.413 bits per heavy atom. The molecule has 0 atom stereocenters. The van der Waals surface area contributed by atoms with Crippen LogP contribution < -0.4 is 0 Å². The fraction of sp³-hybridized carbons (Fsp3) is 0. The summed E-state index contributed by atoms with van der Waals surface area (Å²) in [5.74, 6) is 5.65. The van der Waals surface area contributed by atoms with Crippen molar-refractivity contribution in [1.29, 1.82) is 0 Å². The monoisotopic (exact) mass is 1960 g/mol. The molecule has 0 aliphatic rings. The van der Waals surface area contributed by atoms with Crippen LogP contribution in [0.4, 0.5) is 0 Å². The summed E-state index contributed by atoms with van der Waals surface area (Å²) in [6, 6.07) is 168. The Kier molecular flexibility index (Phi) is 19.4. The molecular formula is C135H78N12S3. The normalized spacial score (nSPS) is 12.0. The molecule has 0 aliphatic carbocycles. The molecule has 0 fully saturated rings. The Morgan fingerprint density at radius 3 is 0.833 bits per heavy atom. The van der Waals surface area contributed by atoms with E-state index in [1.807, 2.05) is 88.6 Å². The minimum Gasteiger partial charge on any atom is -0.277 e. The third-order valence-electron chi connectivity index (χ3n) is 30.0. The Labute approximate surface area is 868 Å². The molecular weight excluding hydrogens is 1890 g/mol. The lowest BCUT2D eigenvalue weighted by molar-refractivity contribution is 0.955. The van der Waals surface area contributed by atoms with Gasteiger partial charge in [-0.15, -0.1) is 34.0 Å². The van der Waals surface area contributed by atoms with E-state index in [1.54, 1.807) is 0 Å². The Bertz CT molecular complexity index is 11200. The number of benzene rings is 24. The molecule has 0 radical (unpaired) electrons. The van der Waals surface area contributed by atoms with Crippen molar-refractivity contribution in [1.82, 2.24) is 58.6 Å². The lowest BCUT2D eigenvalue weighted by Gasteiger charge is -2.13. The topological polar surface area (TPSA) is 131 Å². The van der Waals surface area contributed by atoms with Gasteiger partial charge in [-0.3, -0.25) is 13.7 Å². The van der Waals surface area contributed by atoms with Gasteiger partial charge in [-0.1, -0.05) is 382 Å². The number of fused-ring (bicyclic) bond motifs is 38. The molecule has 33 rings (SSSR count). The summed E-state index contributed by atoms with van der Waals surface area (Å²) in [6.07, 6.45) is 0. The minimum absolute atomic E-state index is 0.597. The van der Waals surface area contributed by atoms with Crippen LogP contribution in [0.15, 0.2) is 473 Å². The van der Waals surface area contributed by atoms with Gasteiger partial charge in [-0.05, 0) is 166 Å². The summed E-state index contributed by atoms with van der Waals surface area (Å²) in [7, 11) is 0. The molecule has 33 aromatic rings. The molecule has 12 nitrogen and oxygen atoms in total. The maximum atomic E-state index is 5.38. The molecule has 0 amide bonds. The van der Waals surface area contributed by atoms with Gasteiger partial charge in [0.25, 0.3) is 0 Å². The number of aromatic nitrogens is 12. The van der Waals surface area contributed by atoms with Crippen molar-refractivity contribution >= 4 is 257 Å². The van der Waals surface area contributed by atoms with Gasteiger partial charge in [0.2, 0.25) is 17.8 Å². The summed E-state index contributed by atoms with van der Waals surface area (Å²) < 4.78 is 14.4. The van der Waals surface area contributed by atoms with Gasteiger partial charge >= 0.3 is 0 Å². The van der Waals surface area contributed by atoms with Crippen molar-refractivity contribution in [2.24, 2.45) is 0 Å². The molecule has 9 aromatic heterocycles. The van der Waals surface area contributed by atoms with Crippen molar-refractivity contribution < 1.29 is 0 Å². The predicted octanol–water partition coefficient (Wildman–Crippen LogP) is 36.4. The molecule has 0 unspecified atom stereocenters. The minimum atomic E-state index is 0.597. The molecule has 696 valence electrons. The van der Waals surface area contributed by atoms with E-state index < -0.39 is 0 Å². The van der Waals surface area contributed by atoms with Crippen molar-refractivity contribution in [3.63, 3.8) is 0 Å². The van der Waals surface area contributed by atoms with Crippen molar-refractivity contribution in [3.05, 3.63) is 473 Å². The number of rotatable bonds is 9.